The molecule has 0 saturated carbocycles. The Morgan fingerprint density at radius 3 is 2.35 bits per heavy atom. The largest absolute Gasteiger partial charge is 0.367 e. The minimum absolute atomic E-state index is 0.290. The smallest absolute Gasteiger partial charge is 0.323 e. The maximum atomic E-state index is 12.2. The summed E-state index contributed by atoms with van der Waals surface area (Å²) < 4.78 is 1.05. The average Bonchev–Trinajstić information content (AvgIpc) is 3.23. The van der Waals surface area contributed by atoms with Crippen LogP contribution >= 0.6 is 11.3 Å². The zero-order chi connectivity index (χ0) is 21.6. The van der Waals surface area contributed by atoms with Crippen LogP contribution in [0.5, 0.6) is 0 Å². The van der Waals surface area contributed by atoms with E-state index < -0.39 is 0 Å². The third-order valence-electron chi connectivity index (χ3n) is 4.59. The van der Waals surface area contributed by atoms with Crippen LogP contribution in [0.4, 0.5) is 22.0 Å². The van der Waals surface area contributed by atoms with Crippen LogP contribution in [0.15, 0.2) is 66.0 Å². The summed E-state index contributed by atoms with van der Waals surface area (Å²) in [7, 11) is 4.09. The summed E-state index contributed by atoms with van der Waals surface area (Å²) in [5.74, 6) is 1.50. The topological polar surface area (TPSA) is 82.2 Å². The van der Waals surface area contributed by atoms with Crippen LogP contribution in [-0.4, -0.2) is 48.1 Å². The second-order valence-electron chi connectivity index (χ2n) is 7.28. The molecule has 4 aromatic rings. The lowest BCUT2D eigenvalue weighted by molar-refractivity contribution is 0.262. The van der Waals surface area contributed by atoms with Gasteiger partial charge in [-0.15, -0.1) is 11.3 Å². The first-order valence-electron chi connectivity index (χ1n) is 9.96. The third kappa shape index (κ3) is 5.36. The van der Waals surface area contributed by atoms with Crippen molar-refractivity contribution >= 4 is 44.8 Å². The molecular formula is C23H24N6OS. The van der Waals surface area contributed by atoms with Crippen LogP contribution < -0.4 is 16.0 Å². The number of nitrogens with zero attached hydrogens (tertiary/aromatic N) is 3. The summed E-state index contributed by atoms with van der Waals surface area (Å²) in [5, 5.41) is 11.1. The fourth-order valence-electron chi connectivity index (χ4n) is 3.03. The number of carbonyl (C=O) groups is 1. The van der Waals surface area contributed by atoms with Gasteiger partial charge in [0.05, 0.1) is 10.2 Å². The number of aromatic nitrogens is 2. The first-order chi connectivity index (χ1) is 15.1. The van der Waals surface area contributed by atoms with Gasteiger partial charge in [0.15, 0.2) is 5.82 Å². The van der Waals surface area contributed by atoms with Crippen molar-refractivity contribution in [3.8, 4) is 11.4 Å². The number of hydrogen-bond donors (Lipinski definition) is 3. The van der Waals surface area contributed by atoms with Gasteiger partial charge in [-0.25, -0.2) is 14.8 Å². The van der Waals surface area contributed by atoms with Gasteiger partial charge < -0.3 is 20.9 Å². The van der Waals surface area contributed by atoms with Crippen LogP contribution in [0, 0.1) is 0 Å². The van der Waals surface area contributed by atoms with E-state index in [1.165, 1.54) is 0 Å². The van der Waals surface area contributed by atoms with Gasteiger partial charge in [-0.3, -0.25) is 0 Å². The van der Waals surface area contributed by atoms with Crippen molar-refractivity contribution in [2.75, 3.05) is 43.1 Å². The summed E-state index contributed by atoms with van der Waals surface area (Å²) in [4.78, 5) is 23.8. The van der Waals surface area contributed by atoms with E-state index in [1.54, 1.807) is 11.3 Å². The number of fused-ring (bicyclic) bond motifs is 1. The van der Waals surface area contributed by atoms with Gasteiger partial charge in [-0.1, -0.05) is 18.2 Å². The monoisotopic (exact) mass is 432 g/mol. The van der Waals surface area contributed by atoms with Crippen molar-refractivity contribution in [2.24, 2.45) is 0 Å². The molecule has 158 valence electrons. The van der Waals surface area contributed by atoms with Crippen LogP contribution in [0.25, 0.3) is 21.6 Å². The van der Waals surface area contributed by atoms with Crippen molar-refractivity contribution in [1.29, 1.82) is 0 Å². The third-order valence-corrected chi connectivity index (χ3v) is 5.50. The van der Waals surface area contributed by atoms with Crippen LogP contribution in [-0.2, 0) is 0 Å². The Balaban J connectivity index is 1.48. The minimum Gasteiger partial charge on any atom is -0.367 e. The Labute approximate surface area is 185 Å². The van der Waals surface area contributed by atoms with Crippen LogP contribution in [0.1, 0.15) is 0 Å². The Kier molecular flexibility index (Phi) is 6.40. The zero-order valence-corrected chi connectivity index (χ0v) is 18.2. The number of urea groups is 1. The number of thiophene rings is 1. The Bertz CT molecular complexity index is 1160. The first-order valence-corrected chi connectivity index (χ1v) is 10.8. The van der Waals surface area contributed by atoms with Crippen molar-refractivity contribution < 1.29 is 4.79 Å². The predicted molar refractivity (Wildman–Crippen MR) is 129 cm³/mol. The van der Waals surface area contributed by atoms with Gasteiger partial charge >= 0.3 is 6.03 Å². The number of nitrogens with one attached hydrogen (secondary N) is 3. The van der Waals surface area contributed by atoms with Gasteiger partial charge in [0.25, 0.3) is 0 Å². The molecule has 0 aliphatic heterocycles. The SMILES string of the molecule is CN(C)CCNc1nc(-c2ccc(NC(=O)Nc3ccccc3)cc2)nc2ccsc12. The molecule has 8 heteroatoms. The highest BCUT2D eigenvalue weighted by atomic mass is 32.1. The number of benzene rings is 2. The van der Waals surface area contributed by atoms with E-state index in [0.29, 0.717) is 11.5 Å². The van der Waals surface area contributed by atoms with Gasteiger partial charge in [0, 0.05) is 30.0 Å². The fraction of sp³-hybridized carbons (Fsp3) is 0.174. The second-order valence-corrected chi connectivity index (χ2v) is 8.20. The van der Waals surface area contributed by atoms with Gasteiger partial charge in [-0.2, -0.15) is 0 Å². The van der Waals surface area contributed by atoms with Crippen LogP contribution in [0.3, 0.4) is 0 Å². The van der Waals surface area contributed by atoms with E-state index in [2.05, 4.69) is 20.9 Å². The standard InChI is InChI=1S/C23H24N6OS/c1-29(2)14-13-24-22-20-19(12-15-31-20)27-21(28-22)16-8-10-18(11-9-16)26-23(30)25-17-6-4-3-5-7-17/h3-12,15H,13-14H2,1-2H3,(H,24,27,28)(H2,25,26,30). The molecule has 0 radical (unpaired) electrons. The molecule has 0 spiro atoms. The molecule has 0 saturated heterocycles. The number of rotatable bonds is 7. The van der Waals surface area contributed by atoms with Gasteiger partial charge in [0.2, 0.25) is 0 Å². The minimum atomic E-state index is -0.290. The molecular weight excluding hydrogens is 408 g/mol. The number of likely N-dealkylation sites (N-methyl/N-ethyl adjacent to an activating group) is 1. The van der Waals surface area contributed by atoms with E-state index in [0.717, 1.165) is 40.4 Å². The lowest BCUT2D eigenvalue weighted by Gasteiger charge is -2.12. The van der Waals surface area contributed by atoms with E-state index in [-0.39, 0.29) is 6.03 Å². The highest BCUT2D eigenvalue weighted by Crippen LogP contribution is 2.29. The quantitative estimate of drug-likeness (QED) is 0.384. The normalized spacial score (nSPS) is 10.9. The zero-order valence-electron chi connectivity index (χ0n) is 17.4. The molecule has 0 bridgehead atoms. The van der Waals surface area contributed by atoms with E-state index in [9.17, 15) is 4.79 Å². The molecule has 2 aromatic carbocycles. The van der Waals surface area contributed by atoms with Crippen molar-refractivity contribution in [1.82, 2.24) is 14.9 Å². The summed E-state index contributed by atoms with van der Waals surface area (Å²) in [5.41, 5.74) is 3.24. The molecule has 2 heterocycles. The van der Waals surface area contributed by atoms with Crippen molar-refractivity contribution in [3.05, 3.63) is 66.0 Å². The highest BCUT2D eigenvalue weighted by molar-refractivity contribution is 7.17. The van der Waals surface area contributed by atoms with E-state index >= 15 is 0 Å². The van der Waals surface area contributed by atoms with Crippen LogP contribution in [0.2, 0.25) is 0 Å². The average molecular weight is 433 g/mol. The molecule has 4 rings (SSSR count). The number of anilines is 3. The number of para-hydroxylation sites is 1. The first kappa shape index (κ1) is 20.8. The molecule has 7 nitrogen and oxygen atoms in total. The van der Waals surface area contributed by atoms with E-state index in [4.69, 9.17) is 9.97 Å². The van der Waals surface area contributed by atoms with Gasteiger partial charge in [-0.05, 0) is 61.9 Å². The molecule has 0 unspecified atom stereocenters. The Hall–Kier alpha value is -3.49. The maximum absolute atomic E-state index is 12.2. The Morgan fingerprint density at radius 1 is 0.935 bits per heavy atom. The predicted octanol–water partition coefficient (Wildman–Crippen LogP) is 4.98. The van der Waals surface area contributed by atoms with Crippen molar-refractivity contribution in [2.45, 2.75) is 0 Å². The maximum Gasteiger partial charge on any atom is 0.323 e. The molecule has 31 heavy (non-hydrogen) atoms. The van der Waals surface area contributed by atoms with Gasteiger partial charge in [0.1, 0.15) is 5.82 Å². The fourth-order valence-corrected chi connectivity index (χ4v) is 3.82. The number of carbonyl (C=O) groups excluding carboxylic acids is 1. The molecule has 2 aromatic heterocycles. The molecule has 0 atom stereocenters. The van der Waals surface area contributed by atoms with E-state index in [1.807, 2.05) is 80.1 Å². The lowest BCUT2D eigenvalue weighted by Crippen LogP contribution is -2.21. The molecule has 3 N–H and O–H groups in total. The molecule has 0 aliphatic rings. The molecule has 0 fully saturated rings. The highest BCUT2D eigenvalue weighted by Gasteiger charge is 2.11. The Morgan fingerprint density at radius 2 is 1.65 bits per heavy atom. The second kappa shape index (κ2) is 9.55. The number of hydrogen-bond acceptors (Lipinski definition) is 6. The molecule has 2 amide bonds. The summed E-state index contributed by atoms with van der Waals surface area (Å²) >= 11 is 1.63. The molecule has 0 aliphatic carbocycles. The summed E-state index contributed by atoms with van der Waals surface area (Å²) in [6.07, 6.45) is 0. The van der Waals surface area contributed by atoms with Crippen molar-refractivity contribution in [3.63, 3.8) is 0 Å². The number of amides is 2. The summed E-state index contributed by atoms with van der Waals surface area (Å²) in [6, 6.07) is 18.6. The summed E-state index contributed by atoms with van der Waals surface area (Å²) in [6.45, 7) is 1.72. The lowest BCUT2D eigenvalue weighted by atomic mass is 10.2.